The molecule has 1 N–H and O–H groups in total. The number of carbonyl (C=O) groups excluding carboxylic acids is 1. The van der Waals surface area contributed by atoms with E-state index in [2.05, 4.69) is 26.2 Å². The van der Waals surface area contributed by atoms with Crippen molar-refractivity contribution < 1.29 is 4.79 Å². The fourth-order valence-corrected chi connectivity index (χ4v) is 2.63. The van der Waals surface area contributed by atoms with E-state index in [9.17, 15) is 4.79 Å². The van der Waals surface area contributed by atoms with E-state index in [1.54, 1.807) is 6.20 Å². The molecule has 1 aliphatic rings. The number of nitrogens with zero attached hydrogens (tertiary/aromatic N) is 2. The van der Waals surface area contributed by atoms with E-state index >= 15 is 0 Å². The molecule has 1 aliphatic heterocycles. The lowest BCUT2D eigenvalue weighted by atomic mass is 10.5. The maximum atomic E-state index is 11.1. The van der Waals surface area contributed by atoms with Crippen molar-refractivity contribution in [1.82, 2.24) is 15.2 Å². The summed E-state index contributed by atoms with van der Waals surface area (Å²) in [7, 11) is 1.90. The van der Waals surface area contributed by atoms with E-state index in [0.717, 1.165) is 8.79 Å². The third kappa shape index (κ3) is 1.74. The first kappa shape index (κ1) is 9.11. The average molecular weight is 262 g/mol. The predicted molar refractivity (Wildman–Crippen MR) is 53.3 cm³/mol. The number of rotatable bonds is 1. The Balaban J connectivity index is 2.22. The lowest BCUT2D eigenvalue weighted by Gasteiger charge is -2.14. The Hall–Kier alpha value is -0.460. The van der Waals surface area contributed by atoms with Gasteiger partial charge in [0.25, 0.3) is 0 Å². The molecule has 1 saturated heterocycles. The van der Waals surface area contributed by atoms with Crippen molar-refractivity contribution in [1.29, 1.82) is 0 Å². The summed E-state index contributed by atoms with van der Waals surface area (Å²) in [5.41, 5.74) is 0. The Morgan fingerprint density at radius 1 is 1.85 bits per heavy atom. The van der Waals surface area contributed by atoms with Gasteiger partial charge in [0.2, 0.25) is 5.91 Å². The first-order chi connectivity index (χ1) is 6.16. The predicted octanol–water partition coefficient (Wildman–Crippen LogP) is 0.966. The normalized spacial score (nSPS) is 23.5. The van der Waals surface area contributed by atoms with Gasteiger partial charge in [-0.3, -0.25) is 9.69 Å². The van der Waals surface area contributed by atoms with Gasteiger partial charge in [0.15, 0.2) is 0 Å². The molecule has 4 nitrogen and oxygen atoms in total. The summed E-state index contributed by atoms with van der Waals surface area (Å²) in [6.07, 6.45) is 1.70. The standard InChI is InChI=1S/C7H8BrN3OS/c1-11-3-5(12)10-6(11)7-9-2-4(8)13-7/h2,6H,3H2,1H3,(H,10,12). The maximum absolute atomic E-state index is 11.1. The van der Waals surface area contributed by atoms with Crippen molar-refractivity contribution in [2.24, 2.45) is 0 Å². The highest BCUT2D eigenvalue weighted by atomic mass is 79.9. The molecular formula is C7H8BrN3OS. The van der Waals surface area contributed by atoms with Gasteiger partial charge in [-0.05, 0) is 23.0 Å². The Kier molecular flexibility index (Phi) is 2.35. The summed E-state index contributed by atoms with van der Waals surface area (Å²) >= 11 is 4.88. The van der Waals surface area contributed by atoms with Crippen molar-refractivity contribution in [3.8, 4) is 0 Å². The lowest BCUT2D eigenvalue weighted by Crippen LogP contribution is -2.24. The number of amides is 1. The van der Waals surface area contributed by atoms with E-state index < -0.39 is 0 Å². The number of aromatic nitrogens is 1. The number of carbonyl (C=O) groups is 1. The van der Waals surface area contributed by atoms with Crippen molar-refractivity contribution in [2.45, 2.75) is 6.17 Å². The van der Waals surface area contributed by atoms with Crippen LogP contribution in [0.4, 0.5) is 0 Å². The van der Waals surface area contributed by atoms with Crippen LogP contribution in [0.3, 0.4) is 0 Å². The molecule has 70 valence electrons. The minimum atomic E-state index is -0.0520. The first-order valence-electron chi connectivity index (χ1n) is 3.77. The summed E-state index contributed by atoms with van der Waals surface area (Å²) in [5, 5.41) is 3.76. The zero-order chi connectivity index (χ0) is 9.42. The van der Waals surface area contributed by atoms with Crippen LogP contribution in [-0.4, -0.2) is 29.4 Å². The third-order valence-corrected chi connectivity index (χ3v) is 3.39. The van der Waals surface area contributed by atoms with Crippen LogP contribution in [0.25, 0.3) is 0 Å². The zero-order valence-electron chi connectivity index (χ0n) is 6.95. The fraction of sp³-hybridized carbons (Fsp3) is 0.429. The van der Waals surface area contributed by atoms with Gasteiger partial charge in [-0.25, -0.2) is 4.98 Å². The second kappa shape index (κ2) is 3.36. The van der Waals surface area contributed by atoms with Gasteiger partial charge in [-0.2, -0.15) is 0 Å². The Morgan fingerprint density at radius 2 is 2.62 bits per heavy atom. The minimum Gasteiger partial charge on any atom is -0.333 e. The molecule has 1 aromatic rings. The molecule has 13 heavy (non-hydrogen) atoms. The largest absolute Gasteiger partial charge is 0.333 e. The number of likely N-dealkylation sites (N-methyl/N-ethyl adjacent to an activating group) is 1. The van der Waals surface area contributed by atoms with Gasteiger partial charge >= 0.3 is 0 Å². The number of halogens is 1. The van der Waals surface area contributed by atoms with Crippen LogP contribution in [0, 0.1) is 0 Å². The monoisotopic (exact) mass is 261 g/mol. The van der Waals surface area contributed by atoms with Crippen LogP contribution in [0.2, 0.25) is 0 Å². The molecule has 1 atom stereocenters. The number of hydrogen-bond donors (Lipinski definition) is 1. The molecular weight excluding hydrogens is 254 g/mol. The van der Waals surface area contributed by atoms with Crippen LogP contribution in [0.5, 0.6) is 0 Å². The molecule has 0 radical (unpaired) electrons. The van der Waals surface area contributed by atoms with Crippen LogP contribution in [-0.2, 0) is 4.79 Å². The van der Waals surface area contributed by atoms with Gasteiger partial charge in [0.05, 0.1) is 16.5 Å². The van der Waals surface area contributed by atoms with Gasteiger partial charge in [0, 0.05) is 0 Å². The van der Waals surface area contributed by atoms with Crippen molar-refractivity contribution >= 4 is 33.2 Å². The van der Waals surface area contributed by atoms with Gasteiger partial charge < -0.3 is 5.32 Å². The second-order valence-corrected chi connectivity index (χ2v) is 5.33. The molecule has 0 spiro atoms. The van der Waals surface area contributed by atoms with Crippen LogP contribution in [0.15, 0.2) is 9.98 Å². The number of thiazole rings is 1. The molecule has 0 saturated carbocycles. The van der Waals surface area contributed by atoms with E-state index in [4.69, 9.17) is 0 Å². The summed E-state index contributed by atoms with van der Waals surface area (Å²) in [5.74, 6) is 0.0545. The van der Waals surface area contributed by atoms with E-state index in [-0.39, 0.29) is 12.1 Å². The van der Waals surface area contributed by atoms with Crippen molar-refractivity contribution in [3.05, 3.63) is 15.0 Å². The summed E-state index contributed by atoms with van der Waals surface area (Å²) in [4.78, 5) is 17.2. The second-order valence-electron chi connectivity index (χ2n) is 2.89. The zero-order valence-corrected chi connectivity index (χ0v) is 9.35. The van der Waals surface area contributed by atoms with E-state index in [0.29, 0.717) is 6.54 Å². The van der Waals surface area contributed by atoms with Crippen molar-refractivity contribution in [3.63, 3.8) is 0 Å². The maximum Gasteiger partial charge on any atom is 0.235 e. The molecule has 6 heteroatoms. The summed E-state index contributed by atoms with van der Waals surface area (Å²) in [6.45, 7) is 0.446. The quantitative estimate of drug-likeness (QED) is 0.820. The molecule has 2 heterocycles. The highest BCUT2D eigenvalue weighted by Gasteiger charge is 2.29. The highest BCUT2D eigenvalue weighted by molar-refractivity contribution is 9.11. The molecule has 1 aromatic heterocycles. The van der Waals surface area contributed by atoms with Crippen LogP contribution < -0.4 is 5.32 Å². The Labute approximate surface area is 88.1 Å². The number of hydrogen-bond acceptors (Lipinski definition) is 4. The smallest absolute Gasteiger partial charge is 0.235 e. The summed E-state index contributed by atoms with van der Waals surface area (Å²) in [6, 6.07) is 0. The first-order valence-corrected chi connectivity index (χ1v) is 5.38. The highest BCUT2D eigenvalue weighted by Crippen LogP contribution is 2.27. The van der Waals surface area contributed by atoms with Crippen molar-refractivity contribution in [2.75, 3.05) is 13.6 Å². The Bertz CT molecular complexity index is 340. The van der Waals surface area contributed by atoms with Gasteiger partial charge in [-0.1, -0.05) is 0 Å². The molecule has 2 rings (SSSR count). The van der Waals surface area contributed by atoms with Crippen LogP contribution >= 0.6 is 27.3 Å². The Morgan fingerprint density at radius 3 is 3.08 bits per heavy atom. The van der Waals surface area contributed by atoms with E-state index in [1.165, 1.54) is 11.3 Å². The lowest BCUT2D eigenvalue weighted by molar-refractivity contribution is -0.118. The van der Waals surface area contributed by atoms with E-state index in [1.807, 2.05) is 11.9 Å². The SMILES string of the molecule is CN1CC(=O)NC1c1ncc(Br)s1. The topological polar surface area (TPSA) is 45.2 Å². The molecule has 0 aromatic carbocycles. The molecule has 0 bridgehead atoms. The van der Waals surface area contributed by atoms with Gasteiger partial charge in [0.1, 0.15) is 11.2 Å². The fourth-order valence-electron chi connectivity index (χ4n) is 1.27. The molecule has 1 amide bonds. The molecule has 0 aliphatic carbocycles. The average Bonchev–Trinajstić information content (AvgIpc) is 2.58. The molecule has 1 fully saturated rings. The van der Waals surface area contributed by atoms with Crippen LogP contribution in [0.1, 0.15) is 11.2 Å². The number of nitrogens with one attached hydrogen (secondary N) is 1. The molecule has 1 unspecified atom stereocenters. The third-order valence-electron chi connectivity index (χ3n) is 1.86. The minimum absolute atomic E-state index is 0.0520. The summed E-state index contributed by atoms with van der Waals surface area (Å²) < 4.78 is 0.983. The van der Waals surface area contributed by atoms with Gasteiger partial charge in [-0.15, -0.1) is 11.3 Å².